The lowest BCUT2D eigenvalue weighted by molar-refractivity contribution is -0.121. The SMILES string of the molecule is CCc1sc(C(=O)NNC(=O)Cc2ccc3c(c2)CCCC3)cc1C. The number of thiophene rings is 1. The van der Waals surface area contributed by atoms with E-state index in [9.17, 15) is 9.59 Å². The van der Waals surface area contributed by atoms with Crippen molar-refractivity contribution in [3.8, 4) is 0 Å². The fourth-order valence-corrected chi connectivity index (χ4v) is 4.31. The number of rotatable bonds is 4. The second-order valence-corrected chi connectivity index (χ2v) is 7.70. The predicted octanol–water partition coefficient (Wildman–Crippen LogP) is 3.50. The second-order valence-electron chi connectivity index (χ2n) is 6.56. The van der Waals surface area contributed by atoms with Crippen molar-refractivity contribution in [3.05, 3.63) is 56.3 Å². The molecule has 0 aliphatic heterocycles. The molecule has 2 amide bonds. The van der Waals surface area contributed by atoms with Crippen LogP contribution in [-0.4, -0.2) is 11.8 Å². The lowest BCUT2D eigenvalue weighted by Gasteiger charge is -2.16. The molecule has 0 bridgehead atoms. The van der Waals surface area contributed by atoms with Gasteiger partial charge in [-0.1, -0.05) is 25.1 Å². The van der Waals surface area contributed by atoms with Crippen molar-refractivity contribution in [1.82, 2.24) is 10.9 Å². The van der Waals surface area contributed by atoms with Crippen molar-refractivity contribution in [2.45, 2.75) is 52.4 Å². The molecule has 0 spiro atoms. The minimum absolute atomic E-state index is 0.201. The normalized spacial score (nSPS) is 13.2. The van der Waals surface area contributed by atoms with Gasteiger partial charge in [-0.2, -0.15) is 0 Å². The highest BCUT2D eigenvalue weighted by Crippen LogP contribution is 2.23. The standard InChI is InChI=1S/C20H24N2O2S/c1-3-17-13(2)10-18(25-17)20(24)22-21-19(23)12-14-8-9-15-6-4-5-7-16(15)11-14/h8-11H,3-7,12H2,1-2H3,(H,21,23)(H,22,24). The molecule has 1 aliphatic rings. The van der Waals surface area contributed by atoms with E-state index in [0.29, 0.717) is 4.88 Å². The lowest BCUT2D eigenvalue weighted by Crippen LogP contribution is -2.42. The summed E-state index contributed by atoms with van der Waals surface area (Å²) in [7, 11) is 0. The Balaban J connectivity index is 1.54. The highest BCUT2D eigenvalue weighted by Gasteiger charge is 2.14. The molecule has 0 saturated heterocycles. The number of amides is 2. The summed E-state index contributed by atoms with van der Waals surface area (Å²) in [5.74, 6) is -0.459. The first-order chi connectivity index (χ1) is 12.1. The van der Waals surface area contributed by atoms with Crippen LogP contribution in [0, 0.1) is 6.92 Å². The van der Waals surface area contributed by atoms with Crippen LogP contribution in [0.4, 0.5) is 0 Å². The summed E-state index contributed by atoms with van der Waals surface area (Å²) in [6.07, 6.45) is 5.89. The van der Waals surface area contributed by atoms with Crippen LogP contribution in [0.25, 0.3) is 0 Å². The Kier molecular flexibility index (Phi) is 5.53. The van der Waals surface area contributed by atoms with E-state index in [1.165, 1.54) is 40.2 Å². The van der Waals surface area contributed by atoms with Crippen molar-refractivity contribution < 1.29 is 9.59 Å². The zero-order valence-electron chi connectivity index (χ0n) is 14.8. The molecule has 1 aromatic heterocycles. The summed E-state index contributed by atoms with van der Waals surface area (Å²) >= 11 is 1.48. The first-order valence-corrected chi connectivity index (χ1v) is 9.67. The number of carbonyl (C=O) groups excluding carboxylic acids is 2. The molecule has 1 aliphatic carbocycles. The molecule has 3 rings (SSSR count). The van der Waals surface area contributed by atoms with Crippen molar-refractivity contribution in [1.29, 1.82) is 0 Å². The van der Waals surface area contributed by atoms with Gasteiger partial charge < -0.3 is 0 Å². The Morgan fingerprint density at radius 3 is 2.56 bits per heavy atom. The average Bonchev–Trinajstić information content (AvgIpc) is 3.00. The molecule has 0 saturated carbocycles. The van der Waals surface area contributed by atoms with Crippen LogP contribution in [0.3, 0.4) is 0 Å². The number of hydrogen-bond acceptors (Lipinski definition) is 3. The molecule has 132 valence electrons. The zero-order valence-corrected chi connectivity index (χ0v) is 15.6. The molecule has 2 N–H and O–H groups in total. The number of aryl methyl sites for hydroxylation is 4. The van der Waals surface area contributed by atoms with Crippen molar-refractivity contribution >= 4 is 23.2 Å². The molecular formula is C20H24N2O2S. The van der Waals surface area contributed by atoms with Crippen molar-refractivity contribution in [3.63, 3.8) is 0 Å². The summed E-state index contributed by atoms with van der Waals surface area (Å²) < 4.78 is 0. The molecule has 5 heteroatoms. The molecule has 25 heavy (non-hydrogen) atoms. The zero-order chi connectivity index (χ0) is 17.8. The monoisotopic (exact) mass is 356 g/mol. The van der Waals surface area contributed by atoms with Crippen LogP contribution in [0.2, 0.25) is 0 Å². The van der Waals surface area contributed by atoms with Crippen LogP contribution < -0.4 is 10.9 Å². The third kappa shape index (κ3) is 4.28. The number of carbonyl (C=O) groups is 2. The number of hydrogen-bond donors (Lipinski definition) is 2. The molecule has 4 nitrogen and oxygen atoms in total. The summed E-state index contributed by atoms with van der Waals surface area (Å²) in [6.45, 7) is 4.07. The summed E-state index contributed by atoms with van der Waals surface area (Å²) in [5, 5.41) is 0. The third-order valence-electron chi connectivity index (χ3n) is 4.66. The maximum Gasteiger partial charge on any atom is 0.279 e. The van der Waals surface area contributed by atoms with E-state index >= 15 is 0 Å². The Hall–Kier alpha value is -2.14. The Morgan fingerprint density at radius 2 is 1.84 bits per heavy atom. The second kappa shape index (κ2) is 7.83. The fraction of sp³-hybridized carbons (Fsp3) is 0.400. The minimum Gasteiger partial charge on any atom is -0.273 e. The highest BCUT2D eigenvalue weighted by molar-refractivity contribution is 7.14. The first kappa shape index (κ1) is 17.7. The molecule has 1 aromatic carbocycles. The van der Waals surface area contributed by atoms with Crippen LogP contribution in [0.5, 0.6) is 0 Å². The lowest BCUT2D eigenvalue weighted by atomic mass is 9.90. The molecule has 2 aromatic rings. The van der Waals surface area contributed by atoms with E-state index in [1.54, 1.807) is 0 Å². The van der Waals surface area contributed by atoms with Gasteiger partial charge in [0.05, 0.1) is 11.3 Å². The number of hydrazine groups is 1. The van der Waals surface area contributed by atoms with Gasteiger partial charge in [0.15, 0.2) is 0 Å². The van der Waals surface area contributed by atoms with Gasteiger partial charge >= 0.3 is 0 Å². The van der Waals surface area contributed by atoms with Crippen LogP contribution in [0.15, 0.2) is 24.3 Å². The van der Waals surface area contributed by atoms with Gasteiger partial charge in [-0.3, -0.25) is 20.4 Å². The summed E-state index contributed by atoms with van der Waals surface area (Å²) in [4.78, 5) is 26.1. The number of benzene rings is 1. The first-order valence-electron chi connectivity index (χ1n) is 8.86. The van der Waals surface area contributed by atoms with Crippen LogP contribution >= 0.6 is 11.3 Å². The Bertz CT molecular complexity index is 795. The van der Waals surface area contributed by atoms with Crippen molar-refractivity contribution in [2.75, 3.05) is 0 Å². The predicted molar refractivity (Wildman–Crippen MR) is 101 cm³/mol. The van der Waals surface area contributed by atoms with Gasteiger partial charge in [-0.15, -0.1) is 11.3 Å². The maximum atomic E-state index is 12.2. The largest absolute Gasteiger partial charge is 0.279 e. The molecular weight excluding hydrogens is 332 g/mol. The summed E-state index contributed by atoms with van der Waals surface area (Å²) in [5.41, 5.74) is 9.93. The Morgan fingerprint density at radius 1 is 1.08 bits per heavy atom. The van der Waals surface area contributed by atoms with Gasteiger partial charge in [0.1, 0.15) is 0 Å². The van der Waals surface area contributed by atoms with E-state index in [0.717, 1.165) is 30.4 Å². The average molecular weight is 356 g/mol. The summed E-state index contributed by atoms with van der Waals surface area (Å²) in [6, 6.07) is 8.15. The maximum absolute atomic E-state index is 12.2. The highest BCUT2D eigenvalue weighted by atomic mass is 32.1. The van der Waals surface area contributed by atoms with Gasteiger partial charge in [-0.25, -0.2) is 0 Å². The van der Waals surface area contributed by atoms with Gasteiger partial charge in [-0.05, 0) is 67.3 Å². The molecule has 0 fully saturated rings. The Labute approximate surface area is 152 Å². The van der Waals surface area contributed by atoms with Gasteiger partial charge in [0, 0.05) is 4.88 Å². The van der Waals surface area contributed by atoms with Gasteiger partial charge in [0.25, 0.3) is 5.91 Å². The third-order valence-corrected chi connectivity index (χ3v) is 6.04. The molecule has 0 radical (unpaired) electrons. The molecule has 0 unspecified atom stereocenters. The van der Waals surface area contributed by atoms with Crippen LogP contribution in [-0.2, 0) is 30.5 Å². The molecule has 0 atom stereocenters. The van der Waals surface area contributed by atoms with E-state index < -0.39 is 0 Å². The minimum atomic E-state index is -0.258. The van der Waals surface area contributed by atoms with Crippen LogP contribution in [0.1, 0.15) is 56.6 Å². The smallest absolute Gasteiger partial charge is 0.273 e. The molecule has 1 heterocycles. The van der Waals surface area contributed by atoms with E-state index in [-0.39, 0.29) is 18.2 Å². The fourth-order valence-electron chi connectivity index (χ4n) is 3.30. The topological polar surface area (TPSA) is 58.2 Å². The van der Waals surface area contributed by atoms with E-state index in [1.807, 2.05) is 19.1 Å². The van der Waals surface area contributed by atoms with E-state index in [4.69, 9.17) is 0 Å². The van der Waals surface area contributed by atoms with Gasteiger partial charge in [0.2, 0.25) is 5.91 Å². The van der Waals surface area contributed by atoms with E-state index in [2.05, 4.69) is 29.9 Å². The number of fused-ring (bicyclic) bond motifs is 1. The quantitative estimate of drug-likeness (QED) is 0.824. The van der Waals surface area contributed by atoms with Crippen molar-refractivity contribution in [2.24, 2.45) is 0 Å². The number of nitrogens with one attached hydrogen (secondary N) is 2.